The first-order chi connectivity index (χ1) is 11.9. The molecular formula is C17H22F2N2O4. The largest absolute Gasteiger partial charge is 0.480 e. The molecule has 2 rings (SSSR count). The molecule has 0 aliphatic carbocycles. The SMILES string of the molecule is CCN(CC(=O)O)C1CCN(C(=O)c2ccccc2OC(F)F)CC1. The van der Waals surface area contributed by atoms with E-state index in [2.05, 4.69) is 4.74 Å². The Morgan fingerprint density at radius 2 is 1.96 bits per heavy atom. The van der Waals surface area contributed by atoms with Crippen molar-refractivity contribution in [3.05, 3.63) is 29.8 Å². The fraction of sp³-hybridized carbons (Fsp3) is 0.529. The van der Waals surface area contributed by atoms with Gasteiger partial charge in [-0.1, -0.05) is 19.1 Å². The number of nitrogens with zero attached hydrogens (tertiary/aromatic N) is 2. The quantitative estimate of drug-likeness (QED) is 0.812. The van der Waals surface area contributed by atoms with Gasteiger partial charge in [-0.15, -0.1) is 0 Å². The first-order valence-electron chi connectivity index (χ1n) is 8.21. The number of carbonyl (C=O) groups excluding carboxylic acids is 1. The first-order valence-corrected chi connectivity index (χ1v) is 8.21. The third-order valence-electron chi connectivity index (χ3n) is 4.35. The maximum absolute atomic E-state index is 12.6. The summed E-state index contributed by atoms with van der Waals surface area (Å²) in [5.74, 6) is -1.36. The maximum atomic E-state index is 12.6. The number of piperidine rings is 1. The molecular weight excluding hydrogens is 334 g/mol. The number of ether oxygens (including phenoxy) is 1. The van der Waals surface area contributed by atoms with Crippen molar-refractivity contribution in [2.75, 3.05) is 26.2 Å². The summed E-state index contributed by atoms with van der Waals surface area (Å²) in [7, 11) is 0. The molecule has 0 unspecified atom stereocenters. The molecule has 0 aromatic heterocycles. The van der Waals surface area contributed by atoms with Gasteiger partial charge in [-0.25, -0.2) is 0 Å². The molecule has 1 aromatic carbocycles. The molecule has 1 N–H and O–H groups in total. The van der Waals surface area contributed by atoms with Crippen LogP contribution in [-0.2, 0) is 4.79 Å². The minimum absolute atomic E-state index is 0.0276. The highest BCUT2D eigenvalue weighted by Gasteiger charge is 2.29. The number of para-hydroxylation sites is 1. The van der Waals surface area contributed by atoms with Crippen LogP contribution in [0.1, 0.15) is 30.1 Å². The molecule has 1 saturated heterocycles. The highest BCUT2D eigenvalue weighted by molar-refractivity contribution is 5.97. The Balaban J connectivity index is 2.01. The molecule has 0 radical (unpaired) electrons. The van der Waals surface area contributed by atoms with E-state index in [1.807, 2.05) is 11.8 Å². The zero-order chi connectivity index (χ0) is 18.4. The molecule has 0 spiro atoms. The Kier molecular flexibility index (Phi) is 6.69. The van der Waals surface area contributed by atoms with Gasteiger partial charge in [-0.05, 0) is 31.5 Å². The van der Waals surface area contributed by atoms with E-state index in [4.69, 9.17) is 5.11 Å². The highest BCUT2D eigenvalue weighted by Crippen LogP contribution is 2.24. The van der Waals surface area contributed by atoms with Crippen LogP contribution in [0.5, 0.6) is 5.75 Å². The normalized spacial score (nSPS) is 15.6. The van der Waals surface area contributed by atoms with Crippen LogP contribution in [0.15, 0.2) is 24.3 Å². The summed E-state index contributed by atoms with van der Waals surface area (Å²) in [6.07, 6.45) is 1.29. The summed E-state index contributed by atoms with van der Waals surface area (Å²) in [6.45, 7) is 0.397. The van der Waals surface area contributed by atoms with Crippen LogP contribution in [0, 0.1) is 0 Å². The van der Waals surface area contributed by atoms with E-state index >= 15 is 0 Å². The number of amides is 1. The molecule has 1 heterocycles. The van der Waals surface area contributed by atoms with Gasteiger partial charge in [0.1, 0.15) is 5.75 Å². The summed E-state index contributed by atoms with van der Waals surface area (Å²) < 4.78 is 29.4. The number of alkyl halides is 2. The number of aliphatic carboxylic acids is 1. The van der Waals surface area contributed by atoms with E-state index in [9.17, 15) is 18.4 Å². The monoisotopic (exact) mass is 356 g/mol. The van der Waals surface area contributed by atoms with Crippen LogP contribution >= 0.6 is 0 Å². The van der Waals surface area contributed by atoms with Gasteiger partial charge in [0.15, 0.2) is 0 Å². The van der Waals surface area contributed by atoms with Crippen molar-refractivity contribution in [3.63, 3.8) is 0 Å². The second-order valence-electron chi connectivity index (χ2n) is 5.85. The Bertz CT molecular complexity index is 604. The fourth-order valence-corrected chi connectivity index (χ4v) is 3.12. The van der Waals surface area contributed by atoms with Gasteiger partial charge < -0.3 is 14.7 Å². The Morgan fingerprint density at radius 1 is 1.32 bits per heavy atom. The Morgan fingerprint density at radius 3 is 2.52 bits per heavy atom. The van der Waals surface area contributed by atoms with Crippen molar-refractivity contribution in [1.82, 2.24) is 9.80 Å². The van der Waals surface area contributed by atoms with E-state index in [0.29, 0.717) is 32.5 Å². The number of halogens is 2. The van der Waals surface area contributed by atoms with Crippen molar-refractivity contribution in [2.45, 2.75) is 32.4 Å². The minimum Gasteiger partial charge on any atom is -0.480 e. The van der Waals surface area contributed by atoms with Crippen molar-refractivity contribution in [3.8, 4) is 5.75 Å². The molecule has 25 heavy (non-hydrogen) atoms. The van der Waals surface area contributed by atoms with Crippen LogP contribution < -0.4 is 4.74 Å². The molecule has 1 fully saturated rings. The van der Waals surface area contributed by atoms with E-state index in [1.165, 1.54) is 18.2 Å². The van der Waals surface area contributed by atoms with E-state index in [0.717, 1.165) is 0 Å². The predicted molar refractivity (Wildman–Crippen MR) is 86.9 cm³/mol. The van der Waals surface area contributed by atoms with Gasteiger partial charge in [0.05, 0.1) is 12.1 Å². The van der Waals surface area contributed by atoms with Crippen molar-refractivity contribution >= 4 is 11.9 Å². The highest BCUT2D eigenvalue weighted by atomic mass is 19.3. The van der Waals surface area contributed by atoms with Crippen molar-refractivity contribution in [1.29, 1.82) is 0 Å². The number of carbonyl (C=O) groups is 2. The summed E-state index contributed by atoms with van der Waals surface area (Å²) in [5.41, 5.74) is 0.110. The molecule has 1 aliphatic rings. The van der Waals surface area contributed by atoms with Crippen LogP contribution in [0.4, 0.5) is 8.78 Å². The van der Waals surface area contributed by atoms with E-state index in [-0.39, 0.29) is 29.8 Å². The zero-order valence-corrected chi connectivity index (χ0v) is 14.0. The second-order valence-corrected chi connectivity index (χ2v) is 5.85. The Labute approximate surface area is 145 Å². The lowest BCUT2D eigenvalue weighted by Crippen LogP contribution is -2.48. The van der Waals surface area contributed by atoms with E-state index < -0.39 is 12.6 Å². The summed E-state index contributed by atoms with van der Waals surface area (Å²) in [5, 5.41) is 8.96. The molecule has 1 aliphatic heterocycles. The van der Waals surface area contributed by atoms with Crippen molar-refractivity contribution < 1.29 is 28.2 Å². The zero-order valence-electron chi connectivity index (χ0n) is 14.0. The molecule has 1 amide bonds. The number of hydrogen-bond acceptors (Lipinski definition) is 4. The number of carboxylic acid groups (broad SMARTS) is 1. The summed E-state index contributed by atoms with van der Waals surface area (Å²) in [4.78, 5) is 27.0. The number of carboxylic acids is 1. The molecule has 6 nitrogen and oxygen atoms in total. The summed E-state index contributed by atoms with van der Waals surface area (Å²) in [6, 6.07) is 6.04. The first kappa shape index (κ1) is 19.1. The lowest BCUT2D eigenvalue weighted by Gasteiger charge is -2.37. The maximum Gasteiger partial charge on any atom is 0.387 e. The number of likely N-dealkylation sites (N-methyl/N-ethyl adjacent to an activating group) is 1. The number of hydrogen-bond donors (Lipinski definition) is 1. The van der Waals surface area contributed by atoms with E-state index in [1.54, 1.807) is 11.0 Å². The molecule has 0 atom stereocenters. The Hall–Kier alpha value is -2.22. The molecule has 8 heteroatoms. The lowest BCUT2D eigenvalue weighted by molar-refractivity contribution is -0.139. The lowest BCUT2D eigenvalue weighted by atomic mass is 10.0. The molecule has 1 aromatic rings. The third kappa shape index (κ3) is 5.12. The van der Waals surface area contributed by atoms with Gasteiger partial charge >= 0.3 is 12.6 Å². The average Bonchev–Trinajstić information content (AvgIpc) is 2.59. The second kappa shape index (κ2) is 8.75. The average molecular weight is 356 g/mol. The third-order valence-corrected chi connectivity index (χ3v) is 4.35. The van der Waals surface area contributed by atoms with Gasteiger partial charge in [0, 0.05) is 19.1 Å². The molecule has 0 saturated carbocycles. The molecule has 138 valence electrons. The van der Waals surface area contributed by atoms with Crippen LogP contribution in [0.2, 0.25) is 0 Å². The van der Waals surface area contributed by atoms with Gasteiger partial charge in [0.2, 0.25) is 0 Å². The number of rotatable bonds is 7. The van der Waals surface area contributed by atoms with Gasteiger partial charge in [-0.3, -0.25) is 14.5 Å². The minimum atomic E-state index is -2.99. The predicted octanol–water partition coefficient (Wildman–Crippen LogP) is 2.30. The van der Waals surface area contributed by atoms with Gasteiger partial charge in [0.25, 0.3) is 5.91 Å². The standard InChI is InChI=1S/C17H22F2N2O4/c1-2-20(11-15(22)23)12-7-9-21(10-8-12)16(24)13-5-3-4-6-14(13)25-17(18)19/h3-6,12,17H,2,7-11H2,1H3,(H,22,23). The number of likely N-dealkylation sites (tertiary alicyclic amines) is 1. The smallest absolute Gasteiger partial charge is 0.387 e. The topological polar surface area (TPSA) is 70.1 Å². The fourth-order valence-electron chi connectivity index (χ4n) is 3.12. The van der Waals surface area contributed by atoms with Crippen molar-refractivity contribution in [2.24, 2.45) is 0 Å². The van der Waals surface area contributed by atoms with Crippen LogP contribution in [0.25, 0.3) is 0 Å². The summed E-state index contributed by atoms with van der Waals surface area (Å²) >= 11 is 0. The van der Waals surface area contributed by atoms with Crippen LogP contribution in [-0.4, -0.2) is 65.6 Å². The molecule has 0 bridgehead atoms. The van der Waals surface area contributed by atoms with Crippen LogP contribution in [0.3, 0.4) is 0 Å². The number of benzene rings is 1. The van der Waals surface area contributed by atoms with Gasteiger partial charge in [-0.2, -0.15) is 8.78 Å².